The highest BCUT2D eigenvalue weighted by Crippen LogP contribution is 2.35. The average Bonchev–Trinajstić information content (AvgIpc) is 2.56. The first-order valence-electron chi connectivity index (χ1n) is 7.24. The maximum atomic E-state index is 12.7. The fourth-order valence-corrected chi connectivity index (χ4v) is 3.03. The van der Waals surface area contributed by atoms with E-state index in [9.17, 15) is 33.2 Å². The largest absolute Gasteiger partial charge is 0.426 e. The van der Waals surface area contributed by atoms with Gasteiger partial charge in [0, 0.05) is 21.9 Å². The molecular formula is C16H12ClF3N2O4S. The summed E-state index contributed by atoms with van der Waals surface area (Å²) >= 11 is 7.13. The average molecular weight is 421 g/mol. The van der Waals surface area contributed by atoms with Crippen LogP contribution < -0.4 is 5.32 Å². The molecule has 0 unspecified atom stereocenters. The van der Waals surface area contributed by atoms with Gasteiger partial charge in [0.1, 0.15) is 0 Å². The number of nitrogens with one attached hydrogen (secondary N) is 1. The van der Waals surface area contributed by atoms with E-state index in [2.05, 4.69) is 0 Å². The summed E-state index contributed by atoms with van der Waals surface area (Å²) in [4.78, 5) is 23.1. The molecule has 144 valence electrons. The lowest BCUT2D eigenvalue weighted by Crippen LogP contribution is -2.52. The van der Waals surface area contributed by atoms with Crippen LogP contribution in [0.5, 0.6) is 0 Å². The minimum Gasteiger partial charge on any atom is -0.373 e. The van der Waals surface area contributed by atoms with Gasteiger partial charge in [0.25, 0.3) is 11.6 Å². The monoisotopic (exact) mass is 420 g/mol. The van der Waals surface area contributed by atoms with Crippen molar-refractivity contribution in [2.75, 3.05) is 5.32 Å². The standard InChI is InChI=1S/C16H12ClF3N2O4S/c1-15(24,16(18,19)20)14(23)21-13-6-5-11(8-12(13)17)27-10-4-2-3-9(7-10)22(25)26/h2-8,24H,1H3,(H,21,23)/t15-/m1/s1. The Balaban J connectivity index is 2.17. The second-order valence-electron chi connectivity index (χ2n) is 5.52. The molecule has 0 aliphatic heterocycles. The molecule has 0 fully saturated rings. The molecule has 2 N–H and O–H groups in total. The van der Waals surface area contributed by atoms with Crippen LogP contribution in [0.3, 0.4) is 0 Å². The fourth-order valence-electron chi connectivity index (χ4n) is 1.83. The molecule has 0 radical (unpaired) electrons. The van der Waals surface area contributed by atoms with E-state index < -0.39 is 22.6 Å². The minimum absolute atomic E-state index is 0.0586. The summed E-state index contributed by atoms with van der Waals surface area (Å²) in [5.74, 6) is -1.67. The van der Waals surface area contributed by atoms with E-state index in [0.717, 1.165) is 11.8 Å². The number of hydrogen-bond donors (Lipinski definition) is 2. The maximum absolute atomic E-state index is 12.7. The van der Waals surface area contributed by atoms with Crippen molar-refractivity contribution in [3.8, 4) is 0 Å². The third-order valence-electron chi connectivity index (χ3n) is 3.45. The van der Waals surface area contributed by atoms with Crippen molar-refractivity contribution in [2.24, 2.45) is 0 Å². The smallest absolute Gasteiger partial charge is 0.373 e. The van der Waals surface area contributed by atoms with Gasteiger partial charge in [-0.1, -0.05) is 29.4 Å². The Kier molecular flexibility index (Phi) is 6.03. The number of aliphatic hydroxyl groups is 1. The van der Waals surface area contributed by atoms with Gasteiger partial charge in [-0.3, -0.25) is 14.9 Å². The van der Waals surface area contributed by atoms with Gasteiger partial charge in [-0.15, -0.1) is 0 Å². The van der Waals surface area contributed by atoms with E-state index in [0.29, 0.717) is 16.7 Å². The zero-order valence-corrected chi connectivity index (χ0v) is 15.2. The van der Waals surface area contributed by atoms with Gasteiger partial charge in [0.2, 0.25) is 5.60 Å². The Morgan fingerprint density at radius 1 is 1.22 bits per heavy atom. The summed E-state index contributed by atoms with van der Waals surface area (Å²) in [7, 11) is 0. The van der Waals surface area contributed by atoms with E-state index in [-0.39, 0.29) is 16.4 Å². The lowest BCUT2D eigenvalue weighted by molar-refractivity contribution is -0.385. The first-order valence-corrected chi connectivity index (χ1v) is 8.43. The molecule has 0 spiro atoms. The Bertz CT molecular complexity index is 890. The summed E-state index contributed by atoms with van der Waals surface area (Å²) in [6, 6.07) is 9.96. The van der Waals surface area contributed by atoms with E-state index >= 15 is 0 Å². The number of nitro benzene ring substituents is 1. The Morgan fingerprint density at radius 3 is 2.41 bits per heavy atom. The predicted molar refractivity (Wildman–Crippen MR) is 94.0 cm³/mol. The Labute approximate surface area is 160 Å². The van der Waals surface area contributed by atoms with Crippen LogP contribution in [0, 0.1) is 10.1 Å². The lowest BCUT2D eigenvalue weighted by atomic mass is 10.1. The highest BCUT2D eigenvalue weighted by atomic mass is 35.5. The number of benzene rings is 2. The molecule has 0 saturated carbocycles. The molecule has 0 heterocycles. The van der Waals surface area contributed by atoms with Gasteiger partial charge in [0.15, 0.2) is 0 Å². The molecular weight excluding hydrogens is 409 g/mol. The van der Waals surface area contributed by atoms with E-state index in [1.807, 2.05) is 5.32 Å². The van der Waals surface area contributed by atoms with Crippen LogP contribution in [-0.4, -0.2) is 27.7 Å². The highest BCUT2D eigenvalue weighted by Gasteiger charge is 2.55. The molecule has 0 aliphatic carbocycles. The van der Waals surface area contributed by atoms with Crippen molar-refractivity contribution in [1.29, 1.82) is 0 Å². The minimum atomic E-state index is -5.15. The van der Waals surface area contributed by atoms with Crippen molar-refractivity contribution in [1.82, 2.24) is 0 Å². The summed E-state index contributed by atoms with van der Waals surface area (Å²) in [6.07, 6.45) is -5.15. The molecule has 2 rings (SSSR count). The van der Waals surface area contributed by atoms with Crippen molar-refractivity contribution < 1.29 is 28.0 Å². The Morgan fingerprint density at radius 2 is 1.85 bits per heavy atom. The summed E-state index contributed by atoms with van der Waals surface area (Å²) in [6.45, 7) is 0.336. The quantitative estimate of drug-likeness (QED) is 0.542. The van der Waals surface area contributed by atoms with Gasteiger partial charge in [-0.05, 0) is 31.2 Å². The van der Waals surface area contributed by atoms with Crippen LogP contribution in [-0.2, 0) is 4.79 Å². The second-order valence-corrected chi connectivity index (χ2v) is 7.08. The number of amides is 1. The number of non-ortho nitro benzene ring substituents is 1. The molecule has 1 amide bonds. The molecule has 0 saturated heterocycles. The first-order chi connectivity index (χ1) is 12.4. The second kappa shape index (κ2) is 7.75. The number of nitro groups is 1. The van der Waals surface area contributed by atoms with Crippen LogP contribution in [0.2, 0.25) is 5.02 Å². The van der Waals surface area contributed by atoms with Crippen molar-refractivity contribution in [3.63, 3.8) is 0 Å². The van der Waals surface area contributed by atoms with Crippen LogP contribution in [0.25, 0.3) is 0 Å². The van der Waals surface area contributed by atoms with Gasteiger partial charge < -0.3 is 10.4 Å². The van der Waals surface area contributed by atoms with E-state index in [1.54, 1.807) is 6.07 Å². The molecule has 2 aromatic rings. The topological polar surface area (TPSA) is 92.5 Å². The summed E-state index contributed by atoms with van der Waals surface area (Å²) < 4.78 is 38.1. The normalized spacial score (nSPS) is 13.7. The molecule has 27 heavy (non-hydrogen) atoms. The van der Waals surface area contributed by atoms with Crippen molar-refractivity contribution in [2.45, 2.75) is 28.5 Å². The van der Waals surface area contributed by atoms with E-state index in [4.69, 9.17) is 11.6 Å². The number of anilines is 1. The number of halogens is 4. The number of carbonyl (C=O) groups is 1. The van der Waals surface area contributed by atoms with Crippen molar-refractivity contribution in [3.05, 3.63) is 57.6 Å². The third kappa shape index (κ3) is 4.90. The molecule has 2 aromatic carbocycles. The zero-order chi connectivity index (χ0) is 20.4. The van der Waals surface area contributed by atoms with Crippen molar-refractivity contribution >= 4 is 40.6 Å². The molecule has 0 aromatic heterocycles. The van der Waals surface area contributed by atoms with Gasteiger partial charge in [0.05, 0.1) is 15.6 Å². The molecule has 11 heteroatoms. The Hall–Kier alpha value is -2.30. The van der Waals surface area contributed by atoms with Crippen LogP contribution in [0.4, 0.5) is 24.5 Å². The summed E-state index contributed by atoms with van der Waals surface area (Å²) in [5, 5.41) is 22.0. The fraction of sp³-hybridized carbons (Fsp3) is 0.188. The lowest BCUT2D eigenvalue weighted by Gasteiger charge is -2.25. The summed E-state index contributed by atoms with van der Waals surface area (Å²) in [5.41, 5.74) is -3.79. The maximum Gasteiger partial charge on any atom is 0.426 e. The molecule has 0 bridgehead atoms. The van der Waals surface area contributed by atoms with Crippen LogP contribution in [0.1, 0.15) is 6.92 Å². The molecule has 6 nitrogen and oxygen atoms in total. The first kappa shape index (κ1) is 21.0. The number of nitrogens with zero attached hydrogens (tertiary/aromatic N) is 1. The van der Waals surface area contributed by atoms with Gasteiger partial charge in [-0.2, -0.15) is 13.2 Å². The van der Waals surface area contributed by atoms with Gasteiger partial charge in [-0.25, -0.2) is 0 Å². The van der Waals surface area contributed by atoms with Gasteiger partial charge >= 0.3 is 6.18 Å². The SMILES string of the molecule is C[C@@](O)(C(=O)Nc1ccc(Sc2cccc([N+](=O)[O-])c2)cc1Cl)C(F)(F)F. The highest BCUT2D eigenvalue weighted by molar-refractivity contribution is 7.99. The van der Waals surface area contributed by atoms with Crippen LogP contribution in [0.15, 0.2) is 52.3 Å². The molecule has 1 atom stereocenters. The third-order valence-corrected chi connectivity index (χ3v) is 4.74. The number of rotatable bonds is 5. The molecule has 0 aliphatic rings. The zero-order valence-electron chi connectivity index (χ0n) is 13.6. The number of hydrogen-bond acceptors (Lipinski definition) is 5. The van der Waals surface area contributed by atoms with Crippen LogP contribution >= 0.6 is 23.4 Å². The number of carbonyl (C=O) groups excluding carboxylic acids is 1. The predicted octanol–water partition coefficient (Wildman–Crippen LogP) is 4.65. The number of alkyl halides is 3. The van der Waals surface area contributed by atoms with E-state index in [1.165, 1.54) is 36.4 Å².